The van der Waals surface area contributed by atoms with Gasteiger partial charge in [0, 0.05) is 12.0 Å². The van der Waals surface area contributed by atoms with Crippen molar-refractivity contribution in [1.82, 2.24) is 5.32 Å². The van der Waals surface area contributed by atoms with E-state index in [9.17, 15) is 4.79 Å². The van der Waals surface area contributed by atoms with Gasteiger partial charge in [0.2, 0.25) is 0 Å². The van der Waals surface area contributed by atoms with E-state index in [1.807, 2.05) is 6.92 Å². The molecule has 4 saturated carbocycles. The van der Waals surface area contributed by atoms with Crippen LogP contribution in [0.1, 0.15) is 45.4 Å². The number of nitrogens with one attached hydrogen (secondary N) is 1. The average Bonchev–Trinajstić information content (AvgIpc) is 2.33. The number of aliphatic hydroxyl groups is 1. The highest BCUT2D eigenvalue weighted by Crippen LogP contribution is 2.60. The summed E-state index contributed by atoms with van der Waals surface area (Å²) >= 11 is 0. The molecule has 0 aromatic heterocycles. The van der Waals surface area contributed by atoms with Crippen LogP contribution in [-0.4, -0.2) is 30.1 Å². The molecule has 3 nitrogen and oxygen atoms in total. The zero-order valence-electron chi connectivity index (χ0n) is 11.3. The molecule has 4 fully saturated rings. The topological polar surface area (TPSA) is 49.3 Å². The van der Waals surface area contributed by atoms with Gasteiger partial charge in [0.15, 0.2) is 5.78 Å². The van der Waals surface area contributed by atoms with Crippen molar-refractivity contribution in [2.75, 3.05) is 13.2 Å². The van der Waals surface area contributed by atoms with Crippen molar-refractivity contribution in [3.8, 4) is 0 Å². The molecule has 0 radical (unpaired) electrons. The van der Waals surface area contributed by atoms with E-state index in [4.69, 9.17) is 5.11 Å². The van der Waals surface area contributed by atoms with Gasteiger partial charge < -0.3 is 10.4 Å². The van der Waals surface area contributed by atoms with Crippen LogP contribution >= 0.6 is 0 Å². The summed E-state index contributed by atoms with van der Waals surface area (Å²) in [5, 5.41) is 12.0. The molecule has 0 aliphatic heterocycles. The molecule has 3 heteroatoms. The molecular weight excluding hydrogens is 226 g/mol. The minimum Gasteiger partial charge on any atom is -0.395 e. The fourth-order valence-corrected chi connectivity index (χ4v) is 5.25. The maximum atomic E-state index is 12.8. The van der Waals surface area contributed by atoms with Crippen LogP contribution in [0.2, 0.25) is 0 Å². The molecule has 4 rings (SSSR count). The Labute approximate surface area is 109 Å². The number of carbonyl (C=O) groups excluding carboxylic acids is 1. The van der Waals surface area contributed by atoms with Gasteiger partial charge in [-0.25, -0.2) is 0 Å². The van der Waals surface area contributed by atoms with Gasteiger partial charge in [0.1, 0.15) is 0 Å². The van der Waals surface area contributed by atoms with Crippen molar-refractivity contribution in [2.45, 2.75) is 51.5 Å². The van der Waals surface area contributed by atoms with Crippen LogP contribution in [-0.2, 0) is 4.79 Å². The lowest BCUT2D eigenvalue weighted by atomic mass is 9.48. The summed E-state index contributed by atoms with van der Waals surface area (Å²) in [5.74, 6) is 2.90. The third-order valence-electron chi connectivity index (χ3n) is 5.52. The molecular formula is C15H25NO2. The van der Waals surface area contributed by atoms with E-state index < -0.39 is 0 Å². The van der Waals surface area contributed by atoms with Crippen molar-refractivity contribution in [1.29, 1.82) is 0 Å². The van der Waals surface area contributed by atoms with Crippen molar-refractivity contribution < 1.29 is 9.90 Å². The van der Waals surface area contributed by atoms with Gasteiger partial charge in [-0.2, -0.15) is 0 Å². The molecule has 0 heterocycles. The summed E-state index contributed by atoms with van der Waals surface area (Å²) in [4.78, 5) is 12.8. The van der Waals surface area contributed by atoms with Gasteiger partial charge in [0.25, 0.3) is 0 Å². The van der Waals surface area contributed by atoms with Crippen LogP contribution in [0.5, 0.6) is 0 Å². The second kappa shape index (κ2) is 4.61. The smallest absolute Gasteiger partial charge is 0.155 e. The van der Waals surface area contributed by atoms with Crippen molar-refractivity contribution in [3.63, 3.8) is 0 Å². The third kappa shape index (κ3) is 2.01. The molecule has 2 N–H and O–H groups in total. The van der Waals surface area contributed by atoms with Crippen molar-refractivity contribution in [3.05, 3.63) is 0 Å². The lowest BCUT2D eigenvalue weighted by molar-refractivity contribution is -0.145. The van der Waals surface area contributed by atoms with Crippen molar-refractivity contribution in [2.24, 2.45) is 23.2 Å². The minimum atomic E-state index is -0.0894. The van der Waals surface area contributed by atoms with Gasteiger partial charge >= 0.3 is 0 Å². The van der Waals surface area contributed by atoms with Crippen LogP contribution in [0, 0.1) is 23.2 Å². The Kier molecular flexibility index (Phi) is 3.23. The first-order chi connectivity index (χ1) is 8.63. The Morgan fingerprint density at radius 1 is 1.22 bits per heavy atom. The second-order valence-electron chi connectivity index (χ2n) is 6.96. The summed E-state index contributed by atoms with van der Waals surface area (Å²) in [7, 11) is 0. The SMILES string of the molecule is C[C@@H](NCCO)C(=O)C12CC3CC(CC(C3)C1)C2. The maximum absolute atomic E-state index is 12.8. The zero-order chi connectivity index (χ0) is 12.8. The molecule has 0 saturated heterocycles. The van der Waals surface area contributed by atoms with E-state index in [1.165, 1.54) is 19.3 Å². The standard InChI is InChI=1S/C15H25NO2/c1-10(16-2-3-17)14(18)15-7-11-4-12(8-15)6-13(5-11)9-15/h10-13,16-17H,2-9H2,1H3/t10-,11?,12?,13?,15?/m1/s1. The quantitative estimate of drug-likeness (QED) is 0.782. The Balaban J connectivity index is 1.72. The summed E-state index contributed by atoms with van der Waals surface area (Å²) < 4.78 is 0. The van der Waals surface area contributed by atoms with Gasteiger partial charge in [-0.05, 0) is 63.2 Å². The molecule has 0 amide bonds. The molecule has 4 aliphatic carbocycles. The van der Waals surface area contributed by atoms with Crippen LogP contribution in [0.15, 0.2) is 0 Å². The van der Waals surface area contributed by atoms with Crippen LogP contribution in [0.3, 0.4) is 0 Å². The maximum Gasteiger partial charge on any atom is 0.155 e. The number of rotatable bonds is 5. The van der Waals surface area contributed by atoms with Crippen LogP contribution in [0.4, 0.5) is 0 Å². The summed E-state index contributed by atoms with van der Waals surface area (Å²) in [5.41, 5.74) is -0.00335. The first-order valence-electron chi connectivity index (χ1n) is 7.51. The molecule has 1 atom stereocenters. The van der Waals surface area contributed by atoms with E-state index in [2.05, 4.69) is 5.32 Å². The molecule has 0 spiro atoms. The van der Waals surface area contributed by atoms with Crippen molar-refractivity contribution >= 4 is 5.78 Å². The predicted molar refractivity (Wildman–Crippen MR) is 70.2 cm³/mol. The van der Waals surface area contributed by atoms with E-state index in [0.29, 0.717) is 12.3 Å². The van der Waals surface area contributed by atoms with E-state index in [-0.39, 0.29) is 18.1 Å². The number of aliphatic hydroxyl groups excluding tert-OH is 1. The third-order valence-corrected chi connectivity index (χ3v) is 5.52. The van der Waals surface area contributed by atoms with Gasteiger partial charge in [-0.1, -0.05) is 0 Å². The number of ketones is 1. The summed E-state index contributed by atoms with van der Waals surface area (Å²) in [6, 6.07) is -0.0894. The molecule has 4 bridgehead atoms. The first-order valence-corrected chi connectivity index (χ1v) is 7.51. The molecule has 18 heavy (non-hydrogen) atoms. The molecule has 4 aliphatic rings. The van der Waals surface area contributed by atoms with E-state index in [1.54, 1.807) is 0 Å². The largest absolute Gasteiger partial charge is 0.395 e. The number of carbonyl (C=O) groups is 1. The van der Waals surface area contributed by atoms with Crippen LogP contribution < -0.4 is 5.32 Å². The fourth-order valence-electron chi connectivity index (χ4n) is 5.25. The minimum absolute atomic E-state index is 0.00335. The lowest BCUT2D eigenvalue weighted by Gasteiger charge is -2.56. The van der Waals surface area contributed by atoms with E-state index >= 15 is 0 Å². The summed E-state index contributed by atoms with van der Waals surface area (Å²) in [6.45, 7) is 2.61. The predicted octanol–water partition coefficient (Wildman–Crippen LogP) is 1.74. The Morgan fingerprint density at radius 2 is 1.72 bits per heavy atom. The van der Waals surface area contributed by atoms with E-state index in [0.717, 1.165) is 37.0 Å². The highest BCUT2D eigenvalue weighted by atomic mass is 16.3. The highest BCUT2D eigenvalue weighted by Gasteiger charge is 2.54. The van der Waals surface area contributed by atoms with Crippen LogP contribution in [0.25, 0.3) is 0 Å². The van der Waals surface area contributed by atoms with Gasteiger partial charge in [0.05, 0.1) is 12.6 Å². The second-order valence-corrected chi connectivity index (χ2v) is 6.96. The Hall–Kier alpha value is -0.410. The number of hydrogen-bond acceptors (Lipinski definition) is 3. The molecule has 102 valence electrons. The summed E-state index contributed by atoms with van der Waals surface area (Å²) in [6.07, 6.45) is 7.57. The lowest BCUT2D eigenvalue weighted by Crippen LogP contribution is -2.54. The zero-order valence-corrected chi connectivity index (χ0v) is 11.3. The number of Topliss-reactive ketones (excluding diaryl/α,β-unsaturated/α-hetero) is 1. The molecule has 0 unspecified atom stereocenters. The Bertz CT molecular complexity index is 304. The highest BCUT2D eigenvalue weighted by molar-refractivity contribution is 5.89. The van der Waals surface area contributed by atoms with Gasteiger partial charge in [-0.15, -0.1) is 0 Å². The fraction of sp³-hybridized carbons (Fsp3) is 0.933. The number of hydrogen-bond donors (Lipinski definition) is 2. The monoisotopic (exact) mass is 251 g/mol. The molecule has 0 aromatic rings. The average molecular weight is 251 g/mol. The first kappa shape index (κ1) is 12.6. The Morgan fingerprint density at radius 3 is 2.17 bits per heavy atom. The normalized spacial score (nSPS) is 43.1. The van der Waals surface area contributed by atoms with Gasteiger partial charge in [-0.3, -0.25) is 4.79 Å². The molecule has 0 aromatic carbocycles.